The molecule has 0 atom stereocenters. The molecule has 5 heteroatoms. The summed E-state index contributed by atoms with van der Waals surface area (Å²) in [6, 6.07) is 3.58. The summed E-state index contributed by atoms with van der Waals surface area (Å²) in [4.78, 5) is 13.7. The minimum atomic E-state index is -3.39. The van der Waals surface area contributed by atoms with E-state index in [4.69, 9.17) is 0 Å². The molecular weight excluding hydrogens is 244 g/mol. The highest BCUT2D eigenvalue weighted by molar-refractivity contribution is 7.92. The third-order valence-electron chi connectivity index (χ3n) is 2.71. The Kier molecular flexibility index (Phi) is 3.59. The molecule has 0 aliphatic heterocycles. The van der Waals surface area contributed by atoms with E-state index in [0.717, 1.165) is 17.6 Å². The number of hydrogen-bond acceptors (Lipinski definition) is 4. The van der Waals surface area contributed by atoms with Crippen molar-refractivity contribution >= 4 is 27.0 Å². The normalized spacial score (nSPS) is 12.8. The highest BCUT2D eigenvalue weighted by atomic mass is 32.2. The summed E-state index contributed by atoms with van der Waals surface area (Å²) >= 11 is 1.37. The van der Waals surface area contributed by atoms with Gasteiger partial charge in [0.1, 0.15) is 4.75 Å². The number of sulfone groups is 1. The maximum absolute atomic E-state index is 12.1. The number of carbonyl (C=O) groups is 1. The predicted octanol–water partition coefficient (Wildman–Crippen LogP) is 2.32. The fraction of sp³-hybridized carbons (Fsp3) is 0.545. The lowest BCUT2D eigenvalue weighted by atomic mass is 10.1. The molecule has 1 aromatic rings. The van der Waals surface area contributed by atoms with Crippen LogP contribution in [0.5, 0.6) is 0 Å². The van der Waals surface area contributed by atoms with Crippen LogP contribution in [0.15, 0.2) is 12.1 Å². The molecule has 1 heterocycles. The van der Waals surface area contributed by atoms with Gasteiger partial charge in [0.15, 0.2) is 15.6 Å². The first-order valence-electron chi connectivity index (χ1n) is 5.03. The highest BCUT2D eigenvalue weighted by Crippen LogP contribution is 2.26. The van der Waals surface area contributed by atoms with Gasteiger partial charge in [0.05, 0.1) is 4.88 Å². The lowest BCUT2D eigenvalue weighted by molar-refractivity contribution is 0.0958. The Morgan fingerprint density at radius 2 is 1.94 bits per heavy atom. The smallest absolute Gasteiger partial charge is 0.193 e. The van der Waals surface area contributed by atoms with Crippen LogP contribution in [0.3, 0.4) is 0 Å². The zero-order valence-electron chi connectivity index (χ0n) is 9.90. The Balaban J connectivity index is 3.12. The largest absolute Gasteiger partial charge is 0.292 e. The van der Waals surface area contributed by atoms with Crippen LogP contribution in [0.25, 0.3) is 0 Å². The quantitative estimate of drug-likeness (QED) is 0.781. The van der Waals surface area contributed by atoms with Crippen molar-refractivity contribution in [2.45, 2.75) is 31.9 Å². The lowest BCUT2D eigenvalue weighted by Crippen LogP contribution is -2.39. The van der Waals surface area contributed by atoms with Crippen molar-refractivity contribution in [3.8, 4) is 0 Å². The number of aryl methyl sites for hydroxylation is 1. The van der Waals surface area contributed by atoms with E-state index in [1.807, 2.05) is 13.0 Å². The van der Waals surface area contributed by atoms with E-state index in [-0.39, 0.29) is 5.78 Å². The first-order chi connectivity index (χ1) is 7.20. The van der Waals surface area contributed by atoms with Gasteiger partial charge < -0.3 is 0 Å². The van der Waals surface area contributed by atoms with Crippen molar-refractivity contribution in [2.24, 2.45) is 0 Å². The first kappa shape index (κ1) is 13.4. The highest BCUT2D eigenvalue weighted by Gasteiger charge is 2.39. The van der Waals surface area contributed by atoms with Crippen LogP contribution in [0.1, 0.15) is 35.3 Å². The fourth-order valence-electron chi connectivity index (χ4n) is 1.16. The van der Waals surface area contributed by atoms with Crippen molar-refractivity contribution in [3.63, 3.8) is 0 Å². The van der Waals surface area contributed by atoms with E-state index in [0.29, 0.717) is 4.88 Å². The van der Waals surface area contributed by atoms with E-state index < -0.39 is 14.6 Å². The average Bonchev–Trinajstić information content (AvgIpc) is 2.62. The summed E-state index contributed by atoms with van der Waals surface area (Å²) in [5.74, 6) is -0.320. The van der Waals surface area contributed by atoms with Gasteiger partial charge in [-0.25, -0.2) is 8.42 Å². The molecule has 90 valence electrons. The number of ketones is 1. The van der Waals surface area contributed by atoms with Crippen LogP contribution in [0.4, 0.5) is 0 Å². The van der Waals surface area contributed by atoms with Gasteiger partial charge in [0.25, 0.3) is 0 Å². The van der Waals surface area contributed by atoms with Gasteiger partial charge in [-0.2, -0.15) is 0 Å². The van der Waals surface area contributed by atoms with E-state index in [1.54, 1.807) is 6.07 Å². The van der Waals surface area contributed by atoms with Gasteiger partial charge >= 0.3 is 0 Å². The summed E-state index contributed by atoms with van der Waals surface area (Å²) in [7, 11) is -3.39. The van der Waals surface area contributed by atoms with E-state index in [2.05, 4.69) is 0 Å². The van der Waals surface area contributed by atoms with Crippen molar-refractivity contribution < 1.29 is 13.2 Å². The van der Waals surface area contributed by atoms with Crippen LogP contribution >= 0.6 is 11.3 Å². The second-order valence-corrected chi connectivity index (χ2v) is 7.96. The van der Waals surface area contributed by atoms with Crippen LogP contribution in [0, 0.1) is 0 Å². The number of hydrogen-bond donors (Lipinski definition) is 0. The van der Waals surface area contributed by atoms with Crippen LogP contribution < -0.4 is 0 Å². The molecule has 0 fully saturated rings. The molecule has 0 aliphatic carbocycles. The maximum Gasteiger partial charge on any atom is 0.193 e. The van der Waals surface area contributed by atoms with Crippen molar-refractivity contribution in [3.05, 3.63) is 21.9 Å². The summed E-state index contributed by atoms with van der Waals surface area (Å²) in [6.07, 6.45) is 1.95. The molecule has 16 heavy (non-hydrogen) atoms. The first-order valence-corrected chi connectivity index (χ1v) is 7.74. The van der Waals surface area contributed by atoms with Gasteiger partial charge in [0, 0.05) is 11.1 Å². The van der Waals surface area contributed by atoms with Crippen LogP contribution in [-0.2, 0) is 16.3 Å². The lowest BCUT2D eigenvalue weighted by Gasteiger charge is -2.19. The van der Waals surface area contributed by atoms with E-state index >= 15 is 0 Å². The standard InChI is InChI=1S/C11H16O3S2/c1-5-8-6-7-9(15-8)10(12)11(2,3)16(4,13)14/h6-7H,5H2,1-4H3. The van der Waals surface area contributed by atoms with E-state index in [1.165, 1.54) is 25.2 Å². The molecule has 0 saturated carbocycles. The number of thiophene rings is 1. The van der Waals surface area contributed by atoms with Gasteiger partial charge in [-0.1, -0.05) is 6.92 Å². The molecule has 0 radical (unpaired) electrons. The number of carbonyl (C=O) groups excluding carboxylic acids is 1. The third-order valence-corrected chi connectivity index (χ3v) is 5.98. The molecule has 0 unspecified atom stereocenters. The molecule has 0 aliphatic rings. The molecule has 0 bridgehead atoms. The summed E-state index contributed by atoms with van der Waals surface area (Å²) in [6.45, 7) is 4.91. The van der Waals surface area contributed by atoms with E-state index in [9.17, 15) is 13.2 Å². The van der Waals surface area contributed by atoms with Gasteiger partial charge in [-0.15, -0.1) is 11.3 Å². The summed E-state index contributed by atoms with van der Waals surface area (Å²) in [5, 5.41) is 0. The van der Waals surface area contributed by atoms with Gasteiger partial charge in [-0.3, -0.25) is 4.79 Å². The third kappa shape index (κ3) is 2.35. The molecule has 0 aromatic carbocycles. The molecule has 0 amide bonds. The molecule has 0 saturated heterocycles. The molecule has 1 aromatic heterocycles. The Morgan fingerprint density at radius 1 is 1.38 bits per heavy atom. The van der Waals surface area contributed by atoms with Gasteiger partial charge in [-0.05, 0) is 32.4 Å². The summed E-state index contributed by atoms with van der Waals surface area (Å²) < 4.78 is 21.7. The second-order valence-electron chi connectivity index (χ2n) is 4.23. The Hall–Kier alpha value is -0.680. The van der Waals surface area contributed by atoms with Crippen molar-refractivity contribution in [2.75, 3.05) is 6.26 Å². The Labute approximate surface area is 100 Å². The summed E-state index contributed by atoms with van der Waals surface area (Å²) in [5.41, 5.74) is 0. The van der Waals surface area contributed by atoms with Crippen molar-refractivity contribution in [1.82, 2.24) is 0 Å². The Bertz CT molecular complexity index is 495. The molecular formula is C11H16O3S2. The number of rotatable bonds is 4. The van der Waals surface area contributed by atoms with Crippen molar-refractivity contribution in [1.29, 1.82) is 0 Å². The second kappa shape index (κ2) is 4.30. The number of Topliss-reactive ketones (excluding diaryl/α,β-unsaturated/α-hetero) is 1. The molecule has 3 nitrogen and oxygen atoms in total. The topological polar surface area (TPSA) is 51.2 Å². The fourth-order valence-corrected chi connectivity index (χ4v) is 2.71. The zero-order chi connectivity index (χ0) is 12.6. The average molecular weight is 260 g/mol. The molecule has 0 N–H and O–H groups in total. The van der Waals surface area contributed by atoms with Gasteiger partial charge in [0.2, 0.25) is 0 Å². The monoisotopic (exact) mass is 260 g/mol. The maximum atomic E-state index is 12.1. The van der Waals surface area contributed by atoms with Crippen LogP contribution in [-0.4, -0.2) is 25.2 Å². The molecule has 0 spiro atoms. The molecule has 1 rings (SSSR count). The minimum Gasteiger partial charge on any atom is -0.292 e. The van der Waals surface area contributed by atoms with Crippen LogP contribution in [0.2, 0.25) is 0 Å². The minimum absolute atomic E-state index is 0.320. The SMILES string of the molecule is CCc1ccc(C(=O)C(C)(C)S(C)(=O)=O)s1. The zero-order valence-corrected chi connectivity index (χ0v) is 11.5. The predicted molar refractivity (Wildman–Crippen MR) is 67.0 cm³/mol. The Morgan fingerprint density at radius 3 is 2.31 bits per heavy atom.